The maximum Gasteiger partial charge on any atom is 0.226 e. The number of nitrogens with one attached hydrogen (secondary N) is 1. The summed E-state index contributed by atoms with van der Waals surface area (Å²) in [5.74, 6) is 1.05. The second-order valence-electron chi connectivity index (χ2n) is 7.05. The smallest absolute Gasteiger partial charge is 0.226 e. The number of aromatic nitrogens is 1. The number of thiazole rings is 1. The molecule has 138 valence electrons. The summed E-state index contributed by atoms with van der Waals surface area (Å²) in [5.41, 5.74) is 2.42. The Labute approximate surface area is 158 Å². The van der Waals surface area contributed by atoms with Crippen molar-refractivity contribution < 1.29 is 9.53 Å². The molecule has 2 heterocycles. The van der Waals surface area contributed by atoms with Gasteiger partial charge in [-0.15, -0.1) is 0 Å². The third-order valence-electron chi connectivity index (χ3n) is 5.24. The zero-order chi connectivity index (χ0) is 17.9. The Morgan fingerprint density at radius 1 is 1.38 bits per heavy atom. The predicted molar refractivity (Wildman–Crippen MR) is 106 cm³/mol. The van der Waals surface area contributed by atoms with E-state index in [1.54, 1.807) is 18.4 Å². The summed E-state index contributed by atoms with van der Waals surface area (Å²) < 4.78 is 6.50. The Bertz CT molecular complexity index is 824. The number of methoxy groups -OCH3 is 1. The van der Waals surface area contributed by atoms with E-state index in [9.17, 15) is 4.79 Å². The van der Waals surface area contributed by atoms with Gasteiger partial charge in [-0.3, -0.25) is 4.79 Å². The van der Waals surface area contributed by atoms with Crippen molar-refractivity contribution in [3.63, 3.8) is 0 Å². The van der Waals surface area contributed by atoms with E-state index >= 15 is 0 Å². The van der Waals surface area contributed by atoms with Crippen LogP contribution in [0.4, 0.5) is 5.13 Å². The van der Waals surface area contributed by atoms with Crippen molar-refractivity contribution in [1.82, 2.24) is 10.3 Å². The number of para-hydroxylation sites is 1. The van der Waals surface area contributed by atoms with Gasteiger partial charge < -0.3 is 15.0 Å². The van der Waals surface area contributed by atoms with Gasteiger partial charge in [-0.1, -0.05) is 29.1 Å². The first kappa shape index (κ1) is 17.3. The second kappa shape index (κ2) is 7.66. The zero-order valence-electron chi connectivity index (χ0n) is 15.2. The largest absolute Gasteiger partial charge is 0.494 e. The van der Waals surface area contributed by atoms with E-state index in [1.807, 2.05) is 12.1 Å². The van der Waals surface area contributed by atoms with Gasteiger partial charge in [0.15, 0.2) is 5.13 Å². The molecular formula is C20H25N3O2S. The minimum Gasteiger partial charge on any atom is -0.494 e. The van der Waals surface area contributed by atoms with Crippen molar-refractivity contribution >= 4 is 32.6 Å². The molecule has 0 atom stereocenters. The van der Waals surface area contributed by atoms with Crippen molar-refractivity contribution in [3.8, 4) is 5.75 Å². The van der Waals surface area contributed by atoms with Crippen molar-refractivity contribution in [2.24, 2.45) is 5.92 Å². The quantitative estimate of drug-likeness (QED) is 0.786. The number of allylic oxidation sites excluding steroid dienone is 1. The molecule has 0 unspecified atom stereocenters. The van der Waals surface area contributed by atoms with Crippen LogP contribution < -0.4 is 15.0 Å². The Balaban J connectivity index is 1.28. The van der Waals surface area contributed by atoms with Gasteiger partial charge in [0.05, 0.1) is 17.7 Å². The SMILES string of the molecule is COc1cccc2sc(N3CC(C(=O)NCCC4=CCCCC4)C3)nc12. The molecule has 1 aromatic heterocycles. The van der Waals surface area contributed by atoms with Gasteiger partial charge >= 0.3 is 0 Å². The maximum absolute atomic E-state index is 12.3. The zero-order valence-corrected chi connectivity index (χ0v) is 16.0. The van der Waals surface area contributed by atoms with Crippen LogP contribution in [0.15, 0.2) is 29.8 Å². The summed E-state index contributed by atoms with van der Waals surface area (Å²) in [6, 6.07) is 5.97. The number of anilines is 1. The molecule has 1 amide bonds. The molecule has 2 aromatic rings. The average molecular weight is 372 g/mol. The number of amides is 1. The van der Waals surface area contributed by atoms with E-state index in [4.69, 9.17) is 9.72 Å². The first-order valence-electron chi connectivity index (χ1n) is 9.38. The highest BCUT2D eigenvalue weighted by Crippen LogP contribution is 2.36. The highest BCUT2D eigenvalue weighted by molar-refractivity contribution is 7.22. The molecule has 0 spiro atoms. The summed E-state index contributed by atoms with van der Waals surface area (Å²) in [6.07, 6.45) is 8.36. The molecule has 1 fully saturated rings. The van der Waals surface area contributed by atoms with E-state index in [-0.39, 0.29) is 11.8 Å². The number of nitrogens with zero attached hydrogens (tertiary/aromatic N) is 2. The minimum atomic E-state index is 0.0734. The standard InChI is InChI=1S/C20H25N3O2S/c1-25-16-8-5-9-17-18(16)22-20(26-17)23-12-15(13-23)19(24)21-11-10-14-6-3-2-4-7-14/h5-6,8-9,15H,2-4,7,10-13H2,1H3,(H,21,24). The second-order valence-corrected chi connectivity index (χ2v) is 8.06. The molecule has 2 aliphatic rings. The monoisotopic (exact) mass is 371 g/mol. The molecule has 1 aliphatic carbocycles. The topological polar surface area (TPSA) is 54.5 Å². The fraction of sp³-hybridized carbons (Fsp3) is 0.500. The Morgan fingerprint density at radius 3 is 3.04 bits per heavy atom. The van der Waals surface area contributed by atoms with Gasteiger partial charge in [0.25, 0.3) is 0 Å². The number of hydrogen-bond donors (Lipinski definition) is 1. The lowest BCUT2D eigenvalue weighted by Gasteiger charge is -2.38. The van der Waals surface area contributed by atoms with Crippen molar-refractivity contribution in [3.05, 3.63) is 29.8 Å². The van der Waals surface area contributed by atoms with Crippen LogP contribution in [-0.4, -0.2) is 37.6 Å². The number of carbonyl (C=O) groups is 1. The molecule has 4 rings (SSSR count). The molecule has 6 heteroatoms. The van der Waals surface area contributed by atoms with Crippen molar-refractivity contribution in [2.45, 2.75) is 32.1 Å². The Kier molecular flexibility index (Phi) is 5.11. The maximum atomic E-state index is 12.3. The molecule has 0 radical (unpaired) electrons. The lowest BCUT2D eigenvalue weighted by Crippen LogP contribution is -2.53. The van der Waals surface area contributed by atoms with E-state index in [0.29, 0.717) is 0 Å². The van der Waals surface area contributed by atoms with Crippen LogP contribution in [0.25, 0.3) is 10.2 Å². The van der Waals surface area contributed by atoms with Crippen molar-refractivity contribution in [2.75, 3.05) is 31.6 Å². The highest BCUT2D eigenvalue weighted by Gasteiger charge is 2.34. The first-order chi connectivity index (χ1) is 12.7. The van der Waals surface area contributed by atoms with Crippen molar-refractivity contribution in [1.29, 1.82) is 0 Å². The fourth-order valence-electron chi connectivity index (χ4n) is 3.63. The van der Waals surface area contributed by atoms with Crippen LogP contribution in [0.1, 0.15) is 32.1 Å². The lowest BCUT2D eigenvalue weighted by molar-refractivity contribution is -0.125. The van der Waals surface area contributed by atoms with Gasteiger partial charge in [-0.2, -0.15) is 0 Å². The number of benzene rings is 1. The van der Waals surface area contributed by atoms with E-state index < -0.39 is 0 Å². The highest BCUT2D eigenvalue weighted by atomic mass is 32.1. The Morgan fingerprint density at radius 2 is 2.27 bits per heavy atom. The van der Waals surface area contributed by atoms with E-state index in [1.165, 1.54) is 31.3 Å². The molecule has 5 nitrogen and oxygen atoms in total. The number of carbonyl (C=O) groups excluding carboxylic acids is 1. The lowest BCUT2D eigenvalue weighted by atomic mass is 9.97. The summed E-state index contributed by atoms with van der Waals surface area (Å²) in [5, 5.41) is 4.08. The normalized spacial score (nSPS) is 17.7. The number of rotatable bonds is 6. The third-order valence-corrected chi connectivity index (χ3v) is 6.33. The van der Waals surface area contributed by atoms with Gasteiger partial charge in [-0.05, 0) is 44.2 Å². The van der Waals surface area contributed by atoms with Gasteiger partial charge in [0.1, 0.15) is 11.3 Å². The van der Waals surface area contributed by atoms with Gasteiger partial charge in [0, 0.05) is 19.6 Å². The van der Waals surface area contributed by atoms with Crippen LogP contribution in [-0.2, 0) is 4.79 Å². The average Bonchev–Trinajstić information content (AvgIpc) is 3.05. The molecule has 1 N–H and O–H groups in total. The van der Waals surface area contributed by atoms with Crippen LogP contribution >= 0.6 is 11.3 Å². The summed E-state index contributed by atoms with van der Waals surface area (Å²) in [7, 11) is 1.67. The summed E-state index contributed by atoms with van der Waals surface area (Å²) >= 11 is 1.66. The summed E-state index contributed by atoms with van der Waals surface area (Å²) in [4.78, 5) is 19.2. The molecule has 0 saturated carbocycles. The molecule has 0 bridgehead atoms. The van der Waals surface area contributed by atoms with E-state index in [2.05, 4.69) is 22.4 Å². The molecule has 26 heavy (non-hydrogen) atoms. The van der Waals surface area contributed by atoms with Gasteiger partial charge in [-0.25, -0.2) is 4.98 Å². The fourth-order valence-corrected chi connectivity index (χ4v) is 4.64. The van der Waals surface area contributed by atoms with Crippen LogP contribution in [0, 0.1) is 5.92 Å². The van der Waals surface area contributed by atoms with Gasteiger partial charge in [0.2, 0.25) is 5.91 Å². The predicted octanol–water partition coefficient (Wildman–Crippen LogP) is 3.75. The summed E-state index contributed by atoms with van der Waals surface area (Å²) in [6.45, 7) is 2.26. The number of hydrogen-bond acceptors (Lipinski definition) is 5. The third kappa shape index (κ3) is 3.56. The Hall–Kier alpha value is -2.08. The molecule has 1 aromatic carbocycles. The van der Waals surface area contributed by atoms with Crippen LogP contribution in [0.2, 0.25) is 0 Å². The van der Waals surface area contributed by atoms with E-state index in [0.717, 1.165) is 47.2 Å². The van der Waals surface area contributed by atoms with Crippen LogP contribution in [0.5, 0.6) is 5.75 Å². The first-order valence-corrected chi connectivity index (χ1v) is 10.2. The molecule has 1 saturated heterocycles. The number of ether oxygens (including phenoxy) is 1. The number of fused-ring (bicyclic) bond motifs is 1. The minimum absolute atomic E-state index is 0.0734. The molecule has 1 aliphatic heterocycles. The molecular weight excluding hydrogens is 346 g/mol. The van der Waals surface area contributed by atoms with Crippen LogP contribution in [0.3, 0.4) is 0 Å².